The van der Waals surface area contributed by atoms with Crippen molar-refractivity contribution in [2.75, 3.05) is 6.26 Å². The van der Waals surface area contributed by atoms with Crippen LogP contribution < -0.4 is 10.1 Å². The summed E-state index contributed by atoms with van der Waals surface area (Å²) in [6.07, 6.45) is 7.64. The second-order valence-electron chi connectivity index (χ2n) is 10.1. The van der Waals surface area contributed by atoms with Gasteiger partial charge in [-0.25, -0.2) is 8.42 Å². The van der Waals surface area contributed by atoms with Crippen LogP contribution in [0.3, 0.4) is 0 Å². The Hall–Kier alpha value is -2.07. The zero-order valence-corrected chi connectivity index (χ0v) is 19.0. The Labute approximate surface area is 179 Å². The molecule has 0 saturated heterocycles. The lowest BCUT2D eigenvalue weighted by atomic mass is 9.53. The van der Waals surface area contributed by atoms with Crippen molar-refractivity contribution in [2.45, 2.75) is 69.3 Å². The van der Waals surface area contributed by atoms with Crippen molar-refractivity contribution in [3.05, 3.63) is 29.8 Å². The number of ether oxygens (including phenoxy) is 1. The van der Waals surface area contributed by atoms with E-state index in [1.54, 1.807) is 0 Å². The van der Waals surface area contributed by atoms with Gasteiger partial charge in [-0.2, -0.15) is 10.3 Å². The van der Waals surface area contributed by atoms with Crippen LogP contribution >= 0.6 is 0 Å². The van der Waals surface area contributed by atoms with E-state index in [4.69, 9.17) is 4.74 Å². The SMILES string of the molecule is Cc1ccc(OC(C)(C)/C(=N\C#N)NC2C3CC4CC2CC(S(C)(=O)=O)(C4)C3)cc1. The number of amidine groups is 1. The molecule has 1 N–H and O–H groups in total. The largest absolute Gasteiger partial charge is 0.480 e. The molecule has 4 aliphatic rings. The van der Waals surface area contributed by atoms with Gasteiger partial charge in [-0.05, 0) is 82.8 Å². The van der Waals surface area contributed by atoms with E-state index in [0.29, 0.717) is 24.6 Å². The maximum absolute atomic E-state index is 12.6. The van der Waals surface area contributed by atoms with Crippen molar-refractivity contribution < 1.29 is 13.2 Å². The van der Waals surface area contributed by atoms with E-state index in [1.165, 1.54) is 6.26 Å². The van der Waals surface area contributed by atoms with Crippen molar-refractivity contribution in [2.24, 2.45) is 22.7 Å². The fourth-order valence-electron chi connectivity index (χ4n) is 6.14. The van der Waals surface area contributed by atoms with Gasteiger partial charge in [-0.1, -0.05) is 17.7 Å². The lowest BCUT2D eigenvalue weighted by Crippen LogP contribution is -2.65. The van der Waals surface area contributed by atoms with Gasteiger partial charge in [0.25, 0.3) is 0 Å². The second-order valence-corrected chi connectivity index (χ2v) is 12.5. The molecular weight excluding hydrogens is 398 g/mol. The van der Waals surface area contributed by atoms with E-state index in [2.05, 4.69) is 10.3 Å². The maximum Gasteiger partial charge on any atom is 0.207 e. The Morgan fingerprint density at radius 1 is 1.20 bits per heavy atom. The molecule has 0 radical (unpaired) electrons. The molecule has 2 atom stereocenters. The minimum absolute atomic E-state index is 0.129. The molecule has 162 valence electrons. The van der Waals surface area contributed by atoms with E-state index >= 15 is 0 Å². The van der Waals surface area contributed by atoms with Crippen LogP contribution in [0.5, 0.6) is 5.75 Å². The summed E-state index contributed by atoms with van der Waals surface area (Å²) in [5.41, 5.74) is 0.339. The Bertz CT molecular complexity index is 976. The van der Waals surface area contributed by atoms with E-state index in [1.807, 2.05) is 51.2 Å². The Morgan fingerprint density at radius 2 is 1.80 bits per heavy atom. The number of nitriles is 1. The van der Waals surface area contributed by atoms with Gasteiger partial charge in [-0.3, -0.25) is 0 Å². The van der Waals surface area contributed by atoms with Crippen molar-refractivity contribution >= 4 is 15.7 Å². The second kappa shape index (κ2) is 7.26. The van der Waals surface area contributed by atoms with Crippen LogP contribution in [0.4, 0.5) is 0 Å². The molecule has 0 amide bonds. The van der Waals surface area contributed by atoms with Crippen LogP contribution in [0.1, 0.15) is 51.5 Å². The third-order valence-electron chi connectivity index (χ3n) is 7.43. The van der Waals surface area contributed by atoms with Crippen molar-refractivity contribution in [1.29, 1.82) is 5.26 Å². The molecule has 4 fully saturated rings. The molecule has 1 aromatic carbocycles. The molecule has 4 bridgehead atoms. The zero-order chi connectivity index (χ0) is 21.7. The third kappa shape index (κ3) is 3.71. The minimum Gasteiger partial charge on any atom is -0.480 e. The van der Waals surface area contributed by atoms with E-state index < -0.39 is 20.2 Å². The molecule has 2 unspecified atom stereocenters. The zero-order valence-electron chi connectivity index (χ0n) is 18.2. The molecule has 0 spiro atoms. The highest BCUT2D eigenvalue weighted by atomic mass is 32.2. The molecule has 0 heterocycles. The first-order valence-electron chi connectivity index (χ1n) is 10.7. The Morgan fingerprint density at radius 3 is 2.33 bits per heavy atom. The number of aliphatic imine (C=N–C) groups is 1. The van der Waals surface area contributed by atoms with Gasteiger partial charge < -0.3 is 10.1 Å². The smallest absolute Gasteiger partial charge is 0.207 e. The van der Waals surface area contributed by atoms with Crippen LogP contribution in [0.2, 0.25) is 0 Å². The highest BCUT2D eigenvalue weighted by Crippen LogP contribution is 2.58. The summed E-state index contributed by atoms with van der Waals surface area (Å²) in [6.45, 7) is 5.84. The maximum atomic E-state index is 12.6. The first-order valence-corrected chi connectivity index (χ1v) is 12.6. The highest BCUT2D eigenvalue weighted by Gasteiger charge is 2.59. The summed E-state index contributed by atoms with van der Waals surface area (Å²) >= 11 is 0. The number of rotatable bonds is 5. The average molecular weight is 430 g/mol. The monoisotopic (exact) mass is 429 g/mol. The van der Waals surface area contributed by atoms with E-state index in [9.17, 15) is 13.7 Å². The van der Waals surface area contributed by atoms with Gasteiger partial charge in [0.2, 0.25) is 6.19 Å². The topological polar surface area (TPSA) is 91.5 Å². The van der Waals surface area contributed by atoms with E-state index in [-0.39, 0.29) is 17.9 Å². The highest BCUT2D eigenvalue weighted by molar-refractivity contribution is 7.92. The molecule has 5 rings (SSSR count). The van der Waals surface area contributed by atoms with Crippen molar-refractivity contribution in [3.63, 3.8) is 0 Å². The lowest BCUT2D eigenvalue weighted by molar-refractivity contribution is 0.00460. The molecule has 4 aliphatic carbocycles. The average Bonchev–Trinajstić information content (AvgIpc) is 2.64. The van der Waals surface area contributed by atoms with Crippen LogP contribution in [0, 0.1) is 36.1 Å². The first-order chi connectivity index (χ1) is 14.0. The number of benzene rings is 1. The number of nitrogens with zero attached hydrogens (tertiary/aromatic N) is 2. The van der Waals surface area contributed by atoms with Crippen LogP contribution in [0.15, 0.2) is 29.3 Å². The summed E-state index contributed by atoms with van der Waals surface area (Å²) < 4.78 is 30.8. The first kappa shape index (κ1) is 21.2. The molecule has 6 nitrogen and oxygen atoms in total. The lowest BCUT2D eigenvalue weighted by Gasteiger charge is -2.59. The molecule has 4 saturated carbocycles. The molecule has 1 aromatic rings. The van der Waals surface area contributed by atoms with Gasteiger partial charge in [-0.15, -0.1) is 0 Å². The van der Waals surface area contributed by atoms with Gasteiger partial charge in [0.1, 0.15) is 5.75 Å². The third-order valence-corrected chi connectivity index (χ3v) is 9.51. The van der Waals surface area contributed by atoms with Gasteiger partial charge >= 0.3 is 0 Å². The standard InChI is InChI=1S/C23H31N3O3S/c1-15-5-7-19(8-6-15)29-22(2,3)21(25-14-24)26-20-17-9-16-10-18(20)13-23(11-16,12-17)30(4,27)28/h5-8,16-18,20H,9-13H2,1-4H3,(H,25,26). The molecule has 0 aliphatic heterocycles. The number of hydrogen-bond acceptors (Lipinski definition) is 5. The number of hydrogen-bond donors (Lipinski definition) is 1. The predicted octanol–water partition coefficient (Wildman–Crippen LogP) is 3.61. The van der Waals surface area contributed by atoms with Crippen LogP contribution in [-0.4, -0.2) is 36.9 Å². The number of sulfone groups is 1. The van der Waals surface area contributed by atoms with Crippen LogP contribution in [-0.2, 0) is 9.84 Å². The quantitative estimate of drug-likeness (QED) is 0.439. The fraction of sp³-hybridized carbons (Fsp3) is 0.652. The Kier molecular flexibility index (Phi) is 5.13. The number of nitrogens with one attached hydrogen (secondary N) is 1. The van der Waals surface area contributed by atoms with Gasteiger partial charge in [0, 0.05) is 12.3 Å². The van der Waals surface area contributed by atoms with Gasteiger partial charge in [0.15, 0.2) is 21.3 Å². The summed E-state index contributed by atoms with van der Waals surface area (Å²) in [5.74, 6) is 2.29. The molecular formula is C23H31N3O3S. The van der Waals surface area contributed by atoms with Gasteiger partial charge in [0.05, 0.1) is 4.75 Å². The minimum atomic E-state index is -3.09. The summed E-state index contributed by atoms with van der Waals surface area (Å²) in [6, 6.07) is 7.94. The summed E-state index contributed by atoms with van der Waals surface area (Å²) in [4.78, 5) is 4.10. The number of aryl methyl sites for hydroxylation is 1. The van der Waals surface area contributed by atoms with Crippen molar-refractivity contribution in [1.82, 2.24) is 5.32 Å². The fourth-order valence-corrected chi connectivity index (χ4v) is 7.71. The molecule has 0 aromatic heterocycles. The summed E-state index contributed by atoms with van der Waals surface area (Å²) in [5, 5.41) is 12.9. The normalized spacial score (nSPS) is 33.2. The predicted molar refractivity (Wildman–Crippen MR) is 117 cm³/mol. The molecule has 30 heavy (non-hydrogen) atoms. The Balaban J connectivity index is 1.55. The van der Waals surface area contributed by atoms with Crippen molar-refractivity contribution in [3.8, 4) is 11.9 Å². The molecule has 7 heteroatoms. The van der Waals surface area contributed by atoms with E-state index in [0.717, 1.165) is 30.6 Å². The summed E-state index contributed by atoms with van der Waals surface area (Å²) in [7, 11) is -3.09. The van der Waals surface area contributed by atoms with Crippen LogP contribution in [0.25, 0.3) is 0 Å².